The standard InChI is InChI=1S/C21H19N3O4S2/c25-30(26,15-20-23-19(24-28-20)11-16-7-3-1-4-8-16)14-17-13-29-21(22-17)12-27-18-9-5-2-6-10-18/h1-10,13H,11-12,14-15H2. The molecule has 0 bridgehead atoms. The Labute approximate surface area is 178 Å². The van der Waals surface area contributed by atoms with Crippen LogP contribution in [0.3, 0.4) is 0 Å². The zero-order valence-corrected chi connectivity index (χ0v) is 17.6. The molecule has 2 aromatic carbocycles. The third-order valence-corrected chi connectivity index (χ3v) is 6.42. The number of benzene rings is 2. The molecule has 0 N–H and O–H groups in total. The third-order valence-electron chi connectivity index (χ3n) is 4.13. The van der Waals surface area contributed by atoms with Gasteiger partial charge in [-0.1, -0.05) is 53.7 Å². The number of aromatic nitrogens is 3. The van der Waals surface area contributed by atoms with E-state index >= 15 is 0 Å². The van der Waals surface area contributed by atoms with Gasteiger partial charge in [-0.05, 0) is 17.7 Å². The fraction of sp³-hybridized carbons (Fsp3) is 0.190. The first-order valence-corrected chi connectivity index (χ1v) is 11.9. The van der Waals surface area contributed by atoms with Crippen molar-refractivity contribution in [3.63, 3.8) is 0 Å². The Kier molecular flexibility index (Phi) is 6.20. The lowest BCUT2D eigenvalue weighted by Crippen LogP contribution is -2.08. The molecular weight excluding hydrogens is 422 g/mol. The average Bonchev–Trinajstić information content (AvgIpc) is 3.36. The van der Waals surface area contributed by atoms with Gasteiger partial charge in [0, 0.05) is 11.8 Å². The number of hydrogen-bond donors (Lipinski definition) is 0. The lowest BCUT2D eigenvalue weighted by Gasteiger charge is -2.02. The first-order valence-electron chi connectivity index (χ1n) is 9.23. The molecule has 0 atom stereocenters. The quantitative estimate of drug-likeness (QED) is 0.390. The summed E-state index contributed by atoms with van der Waals surface area (Å²) < 4.78 is 35.8. The zero-order valence-electron chi connectivity index (χ0n) is 16.0. The van der Waals surface area contributed by atoms with Crippen LogP contribution in [0.4, 0.5) is 0 Å². The van der Waals surface area contributed by atoms with Crippen molar-refractivity contribution in [2.24, 2.45) is 0 Å². The van der Waals surface area contributed by atoms with Gasteiger partial charge in [-0.3, -0.25) is 0 Å². The summed E-state index contributed by atoms with van der Waals surface area (Å²) in [6.07, 6.45) is 0.487. The molecule has 0 saturated carbocycles. The van der Waals surface area contributed by atoms with E-state index in [4.69, 9.17) is 9.26 Å². The second-order valence-corrected chi connectivity index (χ2v) is 9.64. The summed E-state index contributed by atoms with van der Waals surface area (Å²) in [7, 11) is -3.49. The summed E-state index contributed by atoms with van der Waals surface area (Å²) >= 11 is 1.37. The van der Waals surface area contributed by atoms with Crippen LogP contribution in [0.15, 0.2) is 70.6 Å². The van der Waals surface area contributed by atoms with Gasteiger partial charge in [0.2, 0.25) is 5.89 Å². The summed E-state index contributed by atoms with van der Waals surface area (Å²) in [5.41, 5.74) is 1.51. The van der Waals surface area contributed by atoms with E-state index in [2.05, 4.69) is 15.1 Å². The molecule has 4 aromatic rings. The lowest BCUT2D eigenvalue weighted by molar-refractivity contribution is 0.305. The van der Waals surface area contributed by atoms with E-state index < -0.39 is 9.84 Å². The monoisotopic (exact) mass is 441 g/mol. The predicted molar refractivity (Wildman–Crippen MR) is 113 cm³/mol. The van der Waals surface area contributed by atoms with E-state index in [1.807, 2.05) is 60.7 Å². The molecule has 0 unspecified atom stereocenters. The van der Waals surface area contributed by atoms with E-state index in [0.717, 1.165) is 11.3 Å². The van der Waals surface area contributed by atoms with E-state index in [1.54, 1.807) is 5.38 Å². The Morgan fingerprint density at radius 1 is 0.933 bits per heavy atom. The van der Waals surface area contributed by atoms with Crippen molar-refractivity contribution in [2.45, 2.75) is 24.5 Å². The van der Waals surface area contributed by atoms with Gasteiger partial charge in [0.15, 0.2) is 15.7 Å². The summed E-state index contributed by atoms with van der Waals surface area (Å²) in [4.78, 5) is 8.57. The number of ether oxygens (including phenoxy) is 1. The molecule has 0 radical (unpaired) electrons. The van der Waals surface area contributed by atoms with Gasteiger partial charge in [-0.2, -0.15) is 4.98 Å². The number of hydrogen-bond acceptors (Lipinski definition) is 8. The highest BCUT2D eigenvalue weighted by molar-refractivity contribution is 7.89. The van der Waals surface area contributed by atoms with Crippen LogP contribution in [0.5, 0.6) is 5.75 Å². The van der Waals surface area contributed by atoms with Gasteiger partial charge in [0.1, 0.15) is 23.1 Å². The minimum atomic E-state index is -3.49. The van der Waals surface area contributed by atoms with Crippen molar-refractivity contribution in [2.75, 3.05) is 0 Å². The van der Waals surface area contributed by atoms with Crippen LogP contribution in [-0.2, 0) is 34.4 Å². The fourth-order valence-electron chi connectivity index (χ4n) is 2.81. The highest BCUT2D eigenvalue weighted by atomic mass is 32.2. The minimum Gasteiger partial charge on any atom is -0.486 e. The number of para-hydroxylation sites is 1. The van der Waals surface area contributed by atoms with Crippen LogP contribution in [-0.4, -0.2) is 23.5 Å². The molecule has 0 saturated heterocycles. The van der Waals surface area contributed by atoms with Crippen LogP contribution in [0.25, 0.3) is 0 Å². The van der Waals surface area contributed by atoms with E-state index in [9.17, 15) is 8.42 Å². The first kappa shape index (κ1) is 20.2. The number of thiazole rings is 1. The largest absolute Gasteiger partial charge is 0.486 e. The molecule has 0 aliphatic rings. The molecule has 0 spiro atoms. The predicted octanol–water partition coefficient (Wildman–Crippen LogP) is 3.81. The summed E-state index contributed by atoms with van der Waals surface area (Å²) in [5.74, 6) is 0.779. The second-order valence-electron chi connectivity index (χ2n) is 6.63. The maximum Gasteiger partial charge on any atom is 0.241 e. The molecule has 0 amide bonds. The van der Waals surface area contributed by atoms with Gasteiger partial charge < -0.3 is 9.26 Å². The smallest absolute Gasteiger partial charge is 0.241 e. The molecular formula is C21H19N3O4S2. The van der Waals surface area contributed by atoms with Crippen LogP contribution < -0.4 is 4.74 Å². The Morgan fingerprint density at radius 2 is 1.67 bits per heavy atom. The fourth-order valence-corrected chi connectivity index (χ4v) is 4.81. The van der Waals surface area contributed by atoms with Crippen LogP contribution in [0.2, 0.25) is 0 Å². The van der Waals surface area contributed by atoms with Crippen molar-refractivity contribution in [1.82, 2.24) is 15.1 Å². The van der Waals surface area contributed by atoms with Crippen molar-refractivity contribution in [3.8, 4) is 5.75 Å². The minimum absolute atomic E-state index is 0.0868. The highest BCUT2D eigenvalue weighted by Gasteiger charge is 2.20. The van der Waals surface area contributed by atoms with Gasteiger partial charge in [0.05, 0.1) is 11.4 Å². The summed E-state index contributed by atoms with van der Waals surface area (Å²) in [6.45, 7) is 0.293. The van der Waals surface area contributed by atoms with E-state index in [1.165, 1.54) is 11.3 Å². The molecule has 4 rings (SSSR count). The topological polar surface area (TPSA) is 95.2 Å². The molecule has 9 heteroatoms. The maximum absolute atomic E-state index is 12.5. The number of rotatable bonds is 9. The maximum atomic E-state index is 12.5. The van der Waals surface area contributed by atoms with Crippen molar-refractivity contribution >= 4 is 21.2 Å². The number of sulfone groups is 1. The first-order chi connectivity index (χ1) is 14.6. The van der Waals surface area contributed by atoms with Crippen molar-refractivity contribution in [1.29, 1.82) is 0 Å². The van der Waals surface area contributed by atoms with Gasteiger partial charge in [0.25, 0.3) is 0 Å². The summed E-state index contributed by atoms with van der Waals surface area (Å²) in [6, 6.07) is 19.1. The van der Waals surface area contributed by atoms with E-state index in [-0.39, 0.29) is 17.4 Å². The SMILES string of the molecule is O=S(=O)(Cc1csc(COc2ccccc2)n1)Cc1nc(Cc2ccccc2)no1. The van der Waals surface area contributed by atoms with Crippen LogP contribution in [0, 0.1) is 0 Å². The molecule has 0 aliphatic heterocycles. The second kappa shape index (κ2) is 9.19. The molecule has 0 fully saturated rings. The molecule has 7 nitrogen and oxygen atoms in total. The average molecular weight is 442 g/mol. The molecule has 154 valence electrons. The van der Waals surface area contributed by atoms with Gasteiger partial charge >= 0.3 is 0 Å². The highest BCUT2D eigenvalue weighted by Crippen LogP contribution is 2.18. The Bertz CT molecular complexity index is 1190. The lowest BCUT2D eigenvalue weighted by atomic mass is 10.1. The molecule has 30 heavy (non-hydrogen) atoms. The normalized spacial score (nSPS) is 11.5. The van der Waals surface area contributed by atoms with Crippen molar-refractivity contribution in [3.05, 3.63) is 94.0 Å². The molecule has 2 heterocycles. The Hall–Kier alpha value is -3.04. The van der Waals surface area contributed by atoms with Crippen LogP contribution in [0.1, 0.15) is 28.0 Å². The molecule has 2 aromatic heterocycles. The third kappa shape index (κ3) is 5.74. The van der Waals surface area contributed by atoms with Gasteiger partial charge in [-0.25, -0.2) is 13.4 Å². The van der Waals surface area contributed by atoms with Gasteiger partial charge in [-0.15, -0.1) is 11.3 Å². The van der Waals surface area contributed by atoms with Crippen LogP contribution >= 0.6 is 11.3 Å². The summed E-state index contributed by atoms with van der Waals surface area (Å²) in [5, 5.41) is 6.33. The molecule has 0 aliphatic carbocycles. The zero-order chi connectivity index (χ0) is 20.8. The Balaban J connectivity index is 1.33. The Morgan fingerprint density at radius 3 is 2.43 bits per heavy atom. The van der Waals surface area contributed by atoms with E-state index in [0.29, 0.717) is 29.6 Å². The number of nitrogens with zero attached hydrogens (tertiary/aromatic N) is 3. The van der Waals surface area contributed by atoms with Crippen molar-refractivity contribution < 1.29 is 17.7 Å².